The summed E-state index contributed by atoms with van der Waals surface area (Å²) in [6.07, 6.45) is 3.37. The van der Waals surface area contributed by atoms with Crippen LogP contribution in [-0.2, 0) is 14.3 Å². The van der Waals surface area contributed by atoms with E-state index >= 15 is 0 Å². The van der Waals surface area contributed by atoms with Gasteiger partial charge in [0.25, 0.3) is 10.1 Å². The van der Waals surface area contributed by atoms with E-state index in [4.69, 9.17) is 0 Å². The van der Waals surface area contributed by atoms with Crippen LogP contribution in [0.3, 0.4) is 0 Å². The summed E-state index contributed by atoms with van der Waals surface area (Å²) in [5.74, 6) is 0. The van der Waals surface area contributed by atoms with Crippen molar-refractivity contribution in [2.45, 2.75) is 6.30 Å². The van der Waals surface area contributed by atoms with Crippen molar-refractivity contribution in [3.05, 3.63) is 18.7 Å². The first kappa shape index (κ1) is 10.1. The number of imidazole rings is 1. The zero-order valence-corrected chi connectivity index (χ0v) is 7.74. The first-order valence-corrected chi connectivity index (χ1v) is 5.26. The smallest absolute Gasteiger partial charge is 0.264 e. The molecule has 1 aromatic heterocycles. The molecule has 74 valence electrons. The van der Waals surface area contributed by atoms with Crippen molar-refractivity contribution in [1.29, 1.82) is 0 Å². The van der Waals surface area contributed by atoms with Crippen molar-refractivity contribution in [3.63, 3.8) is 0 Å². The van der Waals surface area contributed by atoms with E-state index in [1.165, 1.54) is 18.7 Å². The van der Waals surface area contributed by atoms with Crippen molar-refractivity contribution < 1.29 is 17.0 Å². The average Bonchev–Trinajstić information content (AvgIpc) is 2.50. The molecule has 1 heterocycles. The maximum absolute atomic E-state index is 13.0. The van der Waals surface area contributed by atoms with Gasteiger partial charge >= 0.3 is 0 Å². The lowest BCUT2D eigenvalue weighted by Crippen LogP contribution is -2.13. The van der Waals surface area contributed by atoms with Gasteiger partial charge in [0, 0.05) is 12.4 Å². The number of rotatable bonds is 4. The Kier molecular flexibility index (Phi) is 2.99. The fraction of sp³-hybridized carbons (Fsp3) is 0.500. The molecule has 7 heteroatoms. The summed E-state index contributed by atoms with van der Waals surface area (Å²) < 4.78 is 39.4. The maximum atomic E-state index is 13.0. The van der Waals surface area contributed by atoms with Crippen LogP contribution < -0.4 is 0 Å². The molecule has 1 unspecified atom stereocenters. The first-order chi connectivity index (χ1) is 5.99. The van der Waals surface area contributed by atoms with Crippen LogP contribution >= 0.6 is 0 Å². The Hall–Kier alpha value is -0.950. The molecular weight excluding hydrogens is 199 g/mol. The van der Waals surface area contributed by atoms with E-state index in [2.05, 4.69) is 9.17 Å². The summed E-state index contributed by atoms with van der Waals surface area (Å²) in [5.41, 5.74) is 0. The Morgan fingerprint density at radius 1 is 1.69 bits per heavy atom. The molecule has 1 aromatic rings. The van der Waals surface area contributed by atoms with Gasteiger partial charge in [-0.05, 0) is 0 Å². The maximum Gasteiger partial charge on any atom is 0.264 e. The highest BCUT2D eigenvalue weighted by Gasteiger charge is 2.11. The van der Waals surface area contributed by atoms with E-state index in [1.807, 2.05) is 0 Å². The first-order valence-electron chi connectivity index (χ1n) is 3.45. The van der Waals surface area contributed by atoms with Gasteiger partial charge in [0.05, 0.1) is 12.6 Å². The molecule has 0 aromatic carbocycles. The fourth-order valence-electron chi connectivity index (χ4n) is 0.701. The van der Waals surface area contributed by atoms with Crippen molar-refractivity contribution in [2.75, 3.05) is 12.9 Å². The molecule has 1 rings (SSSR count). The minimum atomic E-state index is -3.58. The standard InChI is InChI=1S/C6H9FN2O3S/c1-13(10,11)12-4-6(7)9-3-2-8-5-9/h2-3,5-6H,4H2,1H3. The van der Waals surface area contributed by atoms with Crippen molar-refractivity contribution in [3.8, 4) is 0 Å². The quantitative estimate of drug-likeness (QED) is 0.669. The number of hydrogen-bond acceptors (Lipinski definition) is 4. The Morgan fingerprint density at radius 3 is 2.85 bits per heavy atom. The summed E-state index contributed by atoms with van der Waals surface area (Å²) in [7, 11) is -3.58. The zero-order valence-electron chi connectivity index (χ0n) is 6.92. The Labute approximate surface area is 75.3 Å². The largest absolute Gasteiger partial charge is 0.305 e. The lowest BCUT2D eigenvalue weighted by molar-refractivity contribution is 0.144. The third kappa shape index (κ3) is 3.51. The van der Waals surface area contributed by atoms with Crippen LogP contribution in [0.4, 0.5) is 4.39 Å². The third-order valence-corrected chi connectivity index (χ3v) is 1.83. The minimum absolute atomic E-state index is 0.533. The molecule has 0 amide bonds. The third-order valence-electron chi connectivity index (χ3n) is 1.27. The summed E-state index contributed by atoms with van der Waals surface area (Å²) >= 11 is 0. The summed E-state index contributed by atoms with van der Waals surface area (Å²) in [5, 5.41) is 0. The molecule has 0 fully saturated rings. The van der Waals surface area contributed by atoms with Gasteiger partial charge in [0.15, 0.2) is 0 Å². The molecule has 13 heavy (non-hydrogen) atoms. The Morgan fingerprint density at radius 2 is 2.38 bits per heavy atom. The lowest BCUT2D eigenvalue weighted by atomic mass is 10.6. The molecule has 0 spiro atoms. The van der Waals surface area contributed by atoms with Gasteiger partial charge in [-0.3, -0.25) is 4.18 Å². The minimum Gasteiger partial charge on any atom is -0.305 e. The topological polar surface area (TPSA) is 61.2 Å². The highest BCUT2D eigenvalue weighted by molar-refractivity contribution is 7.85. The van der Waals surface area contributed by atoms with E-state index in [0.29, 0.717) is 0 Å². The normalized spacial score (nSPS) is 14.3. The van der Waals surface area contributed by atoms with Gasteiger partial charge in [-0.15, -0.1) is 0 Å². The molecule has 0 bridgehead atoms. The van der Waals surface area contributed by atoms with Crippen molar-refractivity contribution in [2.24, 2.45) is 0 Å². The monoisotopic (exact) mass is 208 g/mol. The van der Waals surface area contributed by atoms with Gasteiger partial charge in [0.2, 0.25) is 6.30 Å². The predicted octanol–water partition coefficient (Wildman–Crippen LogP) is 0.327. The second-order valence-electron chi connectivity index (χ2n) is 2.43. The molecule has 0 radical (unpaired) electrons. The number of alkyl halides is 1. The Bertz CT molecular complexity index is 348. The van der Waals surface area contributed by atoms with Gasteiger partial charge < -0.3 is 4.57 Å². The highest BCUT2D eigenvalue weighted by Crippen LogP contribution is 2.08. The predicted molar refractivity (Wildman–Crippen MR) is 43.2 cm³/mol. The average molecular weight is 208 g/mol. The molecule has 0 aliphatic carbocycles. The fourth-order valence-corrected chi connectivity index (χ4v) is 1.06. The van der Waals surface area contributed by atoms with Gasteiger partial charge in [-0.25, -0.2) is 9.37 Å². The van der Waals surface area contributed by atoms with E-state index < -0.39 is 23.0 Å². The van der Waals surface area contributed by atoms with Crippen LogP contribution in [-0.4, -0.2) is 30.8 Å². The second kappa shape index (κ2) is 3.84. The van der Waals surface area contributed by atoms with Crippen molar-refractivity contribution in [1.82, 2.24) is 9.55 Å². The number of halogens is 1. The molecule has 5 nitrogen and oxygen atoms in total. The SMILES string of the molecule is CS(=O)(=O)OCC(F)n1ccnc1. The van der Waals surface area contributed by atoms with Crippen LogP contribution in [0.25, 0.3) is 0 Å². The second-order valence-corrected chi connectivity index (χ2v) is 4.08. The van der Waals surface area contributed by atoms with Crippen LogP contribution in [0.2, 0.25) is 0 Å². The van der Waals surface area contributed by atoms with Crippen molar-refractivity contribution >= 4 is 10.1 Å². The summed E-state index contributed by atoms with van der Waals surface area (Å²) in [4.78, 5) is 3.61. The van der Waals surface area contributed by atoms with E-state index in [9.17, 15) is 12.8 Å². The lowest BCUT2D eigenvalue weighted by Gasteiger charge is -2.07. The number of aromatic nitrogens is 2. The van der Waals surface area contributed by atoms with Gasteiger partial charge in [-0.1, -0.05) is 0 Å². The summed E-state index contributed by atoms with van der Waals surface area (Å²) in [6, 6.07) is 0. The molecule has 0 N–H and O–H groups in total. The summed E-state index contributed by atoms with van der Waals surface area (Å²) in [6.45, 7) is -0.533. The molecular formula is C6H9FN2O3S. The van der Waals surface area contributed by atoms with E-state index in [0.717, 1.165) is 10.8 Å². The molecule has 0 aliphatic heterocycles. The molecule has 0 saturated heterocycles. The van der Waals surface area contributed by atoms with Gasteiger partial charge in [0.1, 0.15) is 6.61 Å². The van der Waals surface area contributed by atoms with Gasteiger partial charge in [-0.2, -0.15) is 8.42 Å². The molecule has 0 aliphatic rings. The van der Waals surface area contributed by atoms with Crippen LogP contribution in [0.5, 0.6) is 0 Å². The molecule has 0 saturated carbocycles. The molecule has 1 atom stereocenters. The Balaban J connectivity index is 2.48. The number of nitrogens with zero attached hydrogens (tertiary/aromatic N) is 2. The van der Waals surface area contributed by atoms with Crippen LogP contribution in [0.1, 0.15) is 6.30 Å². The van der Waals surface area contributed by atoms with E-state index in [1.54, 1.807) is 0 Å². The van der Waals surface area contributed by atoms with E-state index in [-0.39, 0.29) is 0 Å². The number of hydrogen-bond donors (Lipinski definition) is 0. The van der Waals surface area contributed by atoms with Crippen LogP contribution in [0.15, 0.2) is 18.7 Å². The zero-order chi connectivity index (χ0) is 9.90. The highest BCUT2D eigenvalue weighted by atomic mass is 32.2. The van der Waals surface area contributed by atoms with Crippen LogP contribution in [0, 0.1) is 0 Å².